The van der Waals surface area contributed by atoms with Crippen molar-refractivity contribution in [1.29, 1.82) is 0 Å². The maximum Gasteiger partial charge on any atom is 1.00 e. The number of ether oxygens (including phenoxy) is 2. The molecule has 31 heteroatoms. The zero-order valence-corrected chi connectivity index (χ0v) is 51.0. The number of hydrogen-bond donors (Lipinski definition) is 6. The van der Waals surface area contributed by atoms with E-state index >= 15 is 0 Å². The van der Waals surface area contributed by atoms with Gasteiger partial charge in [0.1, 0.15) is 22.9 Å². The van der Waals surface area contributed by atoms with Crippen molar-refractivity contribution in [3.63, 3.8) is 0 Å². The number of nitrogens with zero attached hydrogens (tertiary/aromatic N) is 7. The van der Waals surface area contributed by atoms with E-state index in [1.54, 1.807) is 13.8 Å². The van der Waals surface area contributed by atoms with Crippen molar-refractivity contribution in [3.8, 4) is 23.0 Å². The summed E-state index contributed by atoms with van der Waals surface area (Å²) in [6, 6.07) is 19.3. The molecule has 0 aromatic heterocycles. The monoisotopic (exact) mass is 1110 g/mol. The number of amidine groups is 1. The van der Waals surface area contributed by atoms with Gasteiger partial charge in [0.15, 0.2) is 0 Å². The van der Waals surface area contributed by atoms with Crippen LogP contribution < -0.4 is 153 Å². The molecule has 0 radical (unpaired) electrons. The number of aromatic carboxylic acids is 2. The molecule has 25 nitrogen and oxygen atoms in total. The van der Waals surface area contributed by atoms with Gasteiger partial charge in [-0.15, -0.1) is 10.2 Å². The number of benzene rings is 6. The first kappa shape index (κ1) is 66.8. The van der Waals surface area contributed by atoms with Gasteiger partial charge in [0.05, 0.1) is 63.6 Å². The molecule has 0 bridgehead atoms. The summed E-state index contributed by atoms with van der Waals surface area (Å²) in [5, 5.41) is 98.9. The molecule has 0 unspecified atom stereocenters. The Morgan fingerprint density at radius 2 is 0.934 bits per heavy atom. The van der Waals surface area contributed by atoms with Gasteiger partial charge in [-0.25, -0.2) is 9.59 Å². The third kappa shape index (κ3) is 16.8. The summed E-state index contributed by atoms with van der Waals surface area (Å²) >= 11 is 0. The molecule has 0 atom stereocenters. The van der Waals surface area contributed by atoms with Crippen molar-refractivity contribution in [2.45, 2.75) is 23.6 Å². The number of aryl methyl sites for hydroxylation is 2. The fraction of sp³-hybridized carbons (Fsp3) is 0.0889. The summed E-state index contributed by atoms with van der Waals surface area (Å²) in [6.45, 7) is 3.14. The van der Waals surface area contributed by atoms with Crippen LogP contribution in [0.2, 0.25) is 0 Å². The molecule has 6 rings (SSSR count). The summed E-state index contributed by atoms with van der Waals surface area (Å²) in [5.41, 5.74) is -1.23. The second-order valence-electron chi connectivity index (χ2n) is 14.7. The van der Waals surface area contributed by atoms with Crippen molar-refractivity contribution in [1.82, 2.24) is 0 Å². The van der Waals surface area contributed by atoms with Crippen LogP contribution in [0.3, 0.4) is 0 Å². The van der Waals surface area contributed by atoms with Gasteiger partial charge in [-0.05, 0) is 109 Å². The van der Waals surface area contributed by atoms with E-state index < -0.39 is 93.8 Å². The first-order valence-corrected chi connectivity index (χ1v) is 22.8. The summed E-state index contributed by atoms with van der Waals surface area (Å²) in [5.74, 6) is -7.84. The number of rotatable bonds is 16. The predicted molar refractivity (Wildman–Crippen MR) is 248 cm³/mol. The third-order valence-electron chi connectivity index (χ3n) is 9.77. The van der Waals surface area contributed by atoms with Gasteiger partial charge in [0.2, 0.25) is 0 Å². The Balaban J connectivity index is 0.00000494. The Hall–Kier alpha value is -5.31. The molecular formula is C45H34N8Na4O17S2. The molecule has 0 saturated heterocycles. The number of anilines is 1. The topological polar surface area (TPSA) is 413 Å². The molecule has 0 aliphatic carbocycles. The number of hydrogen-bond acceptors (Lipinski definition) is 19. The number of aliphatic imine (C=N–C) groups is 3. The molecular weight excluding hydrogens is 1080 g/mol. The Morgan fingerprint density at radius 1 is 0.526 bits per heavy atom. The molecule has 0 heterocycles. The van der Waals surface area contributed by atoms with E-state index in [1.807, 2.05) is 0 Å². The molecule has 0 saturated carbocycles. The first-order chi connectivity index (χ1) is 33.9. The average molecular weight is 1110 g/mol. The van der Waals surface area contributed by atoms with Crippen molar-refractivity contribution in [2.75, 3.05) is 19.5 Å². The zero-order chi connectivity index (χ0) is 52.8. The Morgan fingerprint density at radius 3 is 1.33 bits per heavy atom. The van der Waals surface area contributed by atoms with E-state index in [4.69, 9.17) is 9.47 Å². The van der Waals surface area contributed by atoms with Crippen LogP contribution in [0.15, 0.2) is 142 Å². The molecule has 0 amide bonds. The standard InChI is InChI=1S/C45H38N8O17S2.4Na/c1-21-11-33(52-50-27-15-29(43(58)59)39(54)37(17-27)71(63,64)65)35(69-3)19-31(21)48-41(56)23-7-5-9-25(13-23)46-45(62)47-26-10-6-8-24(14-26)42(57)49-32-20-36(70-4)34(12-22(32)2)53-51-28-16-30(44(60)61)40(55)38(18-28)72(66,67)68;;;;/h5-20,54-55H,1-4H3,(H,48,56)(H,49,57)(H,58,59)(H,60,61)(H2,46,47,62)(H,63,64,65)(H,66,67,68);;;;/q;4*+1/p-4. The largest absolute Gasteiger partial charge is 1.00 e. The summed E-state index contributed by atoms with van der Waals surface area (Å²) in [7, 11) is -7.70. The minimum atomic E-state index is -5.12. The molecule has 372 valence electrons. The van der Waals surface area contributed by atoms with E-state index in [9.17, 15) is 71.3 Å². The quantitative estimate of drug-likeness (QED) is 0.0173. The Labute approximate surface area is 520 Å². The first-order valence-electron chi connectivity index (χ1n) is 20.0. The SMILES string of the molecule is COc1cc(N=C([O-])c2cccc(N=C(O)Nc3cccc(C([O-])=Nc4cc(OC)c(N=Nc5cc(C(=O)O)c([O-])c(S(=O)(=O)O)c5)cc4C)c3)c2)c(C)cc1N=Nc1cc(C(=O)O)c([O-])c(S(=O)(=O)O)c1.[Na+].[Na+].[Na+].[Na+]. The van der Waals surface area contributed by atoms with Gasteiger partial charge in [-0.3, -0.25) is 19.1 Å². The fourth-order valence-corrected chi connectivity index (χ4v) is 7.56. The maximum absolute atomic E-state index is 13.4. The summed E-state index contributed by atoms with van der Waals surface area (Å²) in [4.78, 5) is 33.1. The number of carboxylic acids is 2. The van der Waals surface area contributed by atoms with Gasteiger partial charge in [0.25, 0.3) is 26.3 Å². The van der Waals surface area contributed by atoms with E-state index in [0.29, 0.717) is 23.3 Å². The zero-order valence-electron chi connectivity index (χ0n) is 41.3. The van der Waals surface area contributed by atoms with Gasteiger partial charge < -0.3 is 50.5 Å². The van der Waals surface area contributed by atoms with Crippen LogP contribution in [0.4, 0.5) is 45.5 Å². The van der Waals surface area contributed by atoms with E-state index in [1.165, 1.54) is 87.0 Å². The summed E-state index contributed by atoms with van der Waals surface area (Å²) < 4.78 is 76.4. The molecule has 0 aliphatic rings. The van der Waals surface area contributed by atoms with Crippen LogP contribution in [-0.2, 0) is 20.2 Å². The molecule has 6 N–H and O–H groups in total. The number of azo groups is 2. The molecule has 0 spiro atoms. The predicted octanol–water partition coefficient (Wildman–Crippen LogP) is -6.26. The maximum atomic E-state index is 13.4. The van der Waals surface area contributed by atoms with Crippen LogP contribution in [0, 0.1) is 13.8 Å². The number of carbonyl (C=O) groups is 2. The van der Waals surface area contributed by atoms with Crippen LogP contribution in [0.25, 0.3) is 0 Å². The Kier molecular flexibility index (Phi) is 24.9. The van der Waals surface area contributed by atoms with Crippen molar-refractivity contribution in [2.24, 2.45) is 35.4 Å². The summed E-state index contributed by atoms with van der Waals surface area (Å²) in [6.07, 6.45) is 0. The number of carboxylic acid groups (broad SMARTS) is 2. The van der Waals surface area contributed by atoms with Crippen LogP contribution in [-0.4, -0.2) is 85.2 Å². The minimum Gasteiger partial charge on any atom is -0.871 e. The van der Waals surface area contributed by atoms with Gasteiger partial charge in [-0.2, -0.15) is 32.1 Å². The van der Waals surface area contributed by atoms with Crippen LogP contribution >= 0.6 is 0 Å². The fourth-order valence-electron chi connectivity index (χ4n) is 6.33. The Bertz CT molecular complexity index is 3600. The number of aliphatic hydroxyl groups excluding tert-OH is 1. The minimum absolute atomic E-state index is 0. The van der Waals surface area contributed by atoms with Crippen molar-refractivity contribution >= 4 is 95.5 Å². The normalized spacial score (nSPS) is 11.9. The van der Waals surface area contributed by atoms with Crippen LogP contribution in [0.1, 0.15) is 43.0 Å². The van der Waals surface area contributed by atoms with Gasteiger partial charge in [0, 0.05) is 17.8 Å². The van der Waals surface area contributed by atoms with Gasteiger partial charge in [-0.1, -0.05) is 35.8 Å². The van der Waals surface area contributed by atoms with E-state index in [-0.39, 0.29) is 175 Å². The molecule has 6 aromatic carbocycles. The molecule has 76 heavy (non-hydrogen) atoms. The van der Waals surface area contributed by atoms with E-state index in [0.717, 1.165) is 12.1 Å². The average Bonchev–Trinajstić information content (AvgIpc) is 3.31. The number of methoxy groups -OCH3 is 2. The number of aliphatic hydroxyl groups is 1. The molecule has 6 aromatic rings. The molecule has 0 aliphatic heterocycles. The second-order valence-corrected chi connectivity index (χ2v) is 17.5. The third-order valence-corrected chi connectivity index (χ3v) is 11.5. The van der Waals surface area contributed by atoms with Crippen LogP contribution in [0.5, 0.6) is 23.0 Å². The smallest absolute Gasteiger partial charge is 0.871 e. The molecule has 0 fully saturated rings. The van der Waals surface area contributed by atoms with Gasteiger partial charge >= 0.3 is 130 Å². The van der Waals surface area contributed by atoms with E-state index in [2.05, 4.69) is 40.8 Å². The van der Waals surface area contributed by atoms with Crippen molar-refractivity contribution in [3.05, 3.63) is 130 Å². The van der Waals surface area contributed by atoms with Crippen molar-refractivity contribution < 1.29 is 199 Å². The second kappa shape index (κ2) is 28.4. The number of nitrogens with one attached hydrogen (secondary N) is 1.